The predicted octanol–water partition coefficient (Wildman–Crippen LogP) is 6.00. The first-order valence-corrected chi connectivity index (χ1v) is 12.8. The lowest BCUT2D eigenvalue weighted by Crippen LogP contribution is -2.51. The van der Waals surface area contributed by atoms with Crippen LogP contribution in [0.15, 0.2) is 36.4 Å². The van der Waals surface area contributed by atoms with Crippen molar-refractivity contribution < 1.29 is 19.1 Å². The smallest absolute Gasteiger partial charge is 0.408 e. The zero-order chi connectivity index (χ0) is 28.1. The van der Waals surface area contributed by atoms with Crippen LogP contribution in [0.1, 0.15) is 74.9 Å². The van der Waals surface area contributed by atoms with Crippen molar-refractivity contribution in [3.05, 3.63) is 64.2 Å². The zero-order valence-electron chi connectivity index (χ0n) is 24.0. The number of nitrogens with zero attached hydrogens (tertiary/aromatic N) is 1. The number of carbonyl (C=O) groups is 3. The first-order chi connectivity index (χ1) is 17.1. The average molecular weight is 510 g/mol. The maximum Gasteiger partial charge on any atom is 0.408 e. The number of aryl methyl sites for hydroxylation is 3. The summed E-state index contributed by atoms with van der Waals surface area (Å²) >= 11 is 0. The number of hydrogen-bond acceptors (Lipinski definition) is 4. The molecule has 0 aliphatic rings. The summed E-state index contributed by atoms with van der Waals surface area (Å²) < 4.78 is 5.41. The maximum absolute atomic E-state index is 13.9. The third kappa shape index (κ3) is 8.07. The number of ether oxygens (including phenoxy) is 1. The van der Waals surface area contributed by atoms with Crippen LogP contribution < -0.4 is 10.6 Å². The topological polar surface area (TPSA) is 87.7 Å². The normalized spacial score (nSPS) is 13.1. The zero-order valence-corrected chi connectivity index (χ0v) is 24.0. The molecule has 3 amide bonds. The van der Waals surface area contributed by atoms with Crippen LogP contribution in [-0.4, -0.2) is 41.5 Å². The Morgan fingerprint density at radius 3 is 2.00 bits per heavy atom. The van der Waals surface area contributed by atoms with Crippen LogP contribution in [0.3, 0.4) is 0 Å². The molecule has 0 heterocycles. The molecule has 0 saturated carbocycles. The number of carbonyl (C=O) groups excluding carboxylic acids is 3. The van der Waals surface area contributed by atoms with Crippen LogP contribution in [0.2, 0.25) is 0 Å². The van der Waals surface area contributed by atoms with Gasteiger partial charge in [-0.15, -0.1) is 0 Å². The molecule has 0 aliphatic heterocycles. The quantitative estimate of drug-likeness (QED) is 0.457. The third-order valence-corrected chi connectivity index (χ3v) is 6.35. The van der Waals surface area contributed by atoms with Crippen LogP contribution in [0.25, 0.3) is 0 Å². The molecule has 2 aromatic carbocycles. The Hall–Kier alpha value is -3.35. The van der Waals surface area contributed by atoms with Gasteiger partial charge in [-0.25, -0.2) is 4.79 Å². The number of rotatable bonds is 8. The number of hydrogen-bond donors (Lipinski definition) is 2. The summed E-state index contributed by atoms with van der Waals surface area (Å²) in [4.78, 5) is 41.7. The number of nitrogens with one attached hydrogen (secondary N) is 2. The second-order valence-electron chi connectivity index (χ2n) is 11.2. The summed E-state index contributed by atoms with van der Waals surface area (Å²) in [6.45, 7) is 17.1. The maximum atomic E-state index is 13.9. The summed E-state index contributed by atoms with van der Waals surface area (Å²) in [6.07, 6.45) is -0.260. The van der Waals surface area contributed by atoms with Crippen molar-refractivity contribution >= 4 is 23.6 Å². The van der Waals surface area contributed by atoms with Gasteiger partial charge in [-0.3, -0.25) is 9.59 Å². The molecule has 0 aromatic heterocycles. The Morgan fingerprint density at radius 2 is 1.46 bits per heavy atom. The van der Waals surface area contributed by atoms with Crippen molar-refractivity contribution in [3.63, 3.8) is 0 Å². The highest BCUT2D eigenvalue weighted by Crippen LogP contribution is 2.29. The highest BCUT2D eigenvalue weighted by molar-refractivity contribution is 6.00. The van der Waals surface area contributed by atoms with Gasteiger partial charge in [0.2, 0.25) is 5.91 Å². The molecule has 202 valence electrons. The van der Waals surface area contributed by atoms with Crippen LogP contribution in [0.5, 0.6) is 0 Å². The van der Waals surface area contributed by atoms with Gasteiger partial charge < -0.3 is 20.3 Å². The Kier molecular flexibility index (Phi) is 9.90. The minimum atomic E-state index is -0.901. The van der Waals surface area contributed by atoms with E-state index >= 15 is 0 Å². The van der Waals surface area contributed by atoms with E-state index in [0.29, 0.717) is 6.42 Å². The van der Waals surface area contributed by atoms with E-state index in [1.807, 2.05) is 77.9 Å². The van der Waals surface area contributed by atoms with Crippen molar-refractivity contribution in [2.45, 2.75) is 86.4 Å². The standard InChI is InChI=1S/C30H43N3O4/c1-18(2)17-24(31-29(36)37-30(7,8)9)28(35)33(10)26(23-16-12-13-19(3)22(23)6)27(34)32-25-20(4)14-11-15-21(25)5/h11-16,18,24,26H,17H2,1-10H3,(H,31,36)(H,32,34). The first kappa shape index (κ1) is 29.9. The van der Waals surface area contributed by atoms with Crippen molar-refractivity contribution in [2.75, 3.05) is 12.4 Å². The lowest BCUT2D eigenvalue weighted by molar-refractivity contribution is -0.139. The highest BCUT2D eigenvalue weighted by atomic mass is 16.6. The van der Waals surface area contributed by atoms with Gasteiger partial charge in [0.15, 0.2) is 0 Å². The molecule has 0 radical (unpaired) electrons. The first-order valence-electron chi connectivity index (χ1n) is 12.8. The summed E-state index contributed by atoms with van der Waals surface area (Å²) in [5.74, 6) is -0.551. The van der Waals surface area contributed by atoms with Crippen LogP contribution in [0.4, 0.5) is 10.5 Å². The molecule has 2 rings (SSSR count). The molecule has 2 unspecified atom stereocenters. The number of anilines is 1. The van der Waals surface area contributed by atoms with E-state index in [0.717, 1.165) is 33.5 Å². The third-order valence-electron chi connectivity index (χ3n) is 6.35. The van der Waals surface area contributed by atoms with Crippen LogP contribution in [0, 0.1) is 33.6 Å². The number of benzene rings is 2. The molecule has 0 saturated heterocycles. The minimum absolute atomic E-state index is 0.125. The SMILES string of the molecule is Cc1cccc(C(C(=O)Nc2c(C)cccc2C)N(C)C(=O)C(CC(C)C)NC(=O)OC(C)(C)C)c1C. The van der Waals surface area contributed by atoms with Crippen molar-refractivity contribution in [1.29, 1.82) is 0 Å². The molecule has 0 fully saturated rings. The molecule has 2 N–H and O–H groups in total. The molecule has 2 aromatic rings. The van der Waals surface area contributed by atoms with Gasteiger partial charge >= 0.3 is 6.09 Å². The van der Waals surface area contributed by atoms with Gasteiger partial charge in [-0.05, 0) is 88.6 Å². The summed E-state index contributed by atoms with van der Waals surface area (Å²) in [5, 5.41) is 5.81. The second kappa shape index (κ2) is 12.3. The fourth-order valence-corrected chi connectivity index (χ4v) is 4.31. The van der Waals surface area contributed by atoms with E-state index in [1.54, 1.807) is 27.8 Å². The van der Waals surface area contributed by atoms with Gasteiger partial charge in [0, 0.05) is 12.7 Å². The fraction of sp³-hybridized carbons (Fsp3) is 0.500. The molecule has 0 aliphatic carbocycles. The molecule has 7 heteroatoms. The van der Waals surface area contributed by atoms with Gasteiger partial charge in [0.05, 0.1) is 0 Å². The van der Waals surface area contributed by atoms with E-state index in [2.05, 4.69) is 10.6 Å². The van der Waals surface area contributed by atoms with Gasteiger partial charge in [-0.1, -0.05) is 50.2 Å². The van der Waals surface area contributed by atoms with Gasteiger partial charge in [-0.2, -0.15) is 0 Å². The molecule has 2 atom stereocenters. The molecule has 7 nitrogen and oxygen atoms in total. The molecule has 37 heavy (non-hydrogen) atoms. The summed E-state index contributed by atoms with van der Waals surface area (Å²) in [5.41, 5.74) is 4.60. The number of amides is 3. The Labute approximate surface area is 222 Å². The predicted molar refractivity (Wildman–Crippen MR) is 149 cm³/mol. The lowest BCUT2D eigenvalue weighted by Gasteiger charge is -2.33. The van der Waals surface area contributed by atoms with E-state index in [4.69, 9.17) is 4.74 Å². The second-order valence-corrected chi connectivity index (χ2v) is 11.2. The Bertz CT molecular complexity index is 1110. The van der Waals surface area contributed by atoms with Gasteiger partial charge in [0.1, 0.15) is 17.7 Å². The van der Waals surface area contributed by atoms with E-state index in [9.17, 15) is 14.4 Å². The lowest BCUT2D eigenvalue weighted by atomic mass is 9.94. The molecule has 0 bridgehead atoms. The Morgan fingerprint density at radius 1 is 0.919 bits per heavy atom. The number of para-hydroxylation sites is 1. The fourth-order valence-electron chi connectivity index (χ4n) is 4.31. The van der Waals surface area contributed by atoms with E-state index in [1.165, 1.54) is 4.90 Å². The van der Waals surface area contributed by atoms with Crippen molar-refractivity contribution in [1.82, 2.24) is 10.2 Å². The highest BCUT2D eigenvalue weighted by Gasteiger charge is 2.35. The van der Waals surface area contributed by atoms with E-state index < -0.39 is 23.8 Å². The molecular weight excluding hydrogens is 466 g/mol. The monoisotopic (exact) mass is 509 g/mol. The number of likely N-dealkylation sites (N-methyl/N-ethyl adjacent to an activating group) is 1. The minimum Gasteiger partial charge on any atom is -0.444 e. The van der Waals surface area contributed by atoms with Crippen LogP contribution >= 0.6 is 0 Å². The summed E-state index contributed by atoms with van der Waals surface area (Å²) in [6, 6.07) is 9.81. The van der Waals surface area contributed by atoms with Crippen molar-refractivity contribution in [3.8, 4) is 0 Å². The molecule has 0 spiro atoms. The summed E-state index contributed by atoms with van der Waals surface area (Å²) in [7, 11) is 1.61. The molecular formula is C30H43N3O4. The average Bonchev–Trinajstić information content (AvgIpc) is 2.76. The Balaban J connectivity index is 2.49. The van der Waals surface area contributed by atoms with E-state index in [-0.39, 0.29) is 17.7 Å². The van der Waals surface area contributed by atoms with Gasteiger partial charge in [0.25, 0.3) is 5.91 Å². The largest absolute Gasteiger partial charge is 0.444 e. The van der Waals surface area contributed by atoms with Crippen LogP contribution in [-0.2, 0) is 14.3 Å². The van der Waals surface area contributed by atoms with Crippen molar-refractivity contribution in [2.24, 2.45) is 5.92 Å². The number of alkyl carbamates (subject to hydrolysis) is 1.